The lowest BCUT2D eigenvalue weighted by Crippen LogP contribution is -2.23. The first-order valence-electron chi connectivity index (χ1n) is 7.10. The number of aromatic nitrogens is 2. The molecular weight excluding hydrogens is 330 g/mol. The smallest absolute Gasteiger partial charge is 0.247 e. The van der Waals surface area contributed by atoms with E-state index in [4.69, 9.17) is 9.15 Å². The van der Waals surface area contributed by atoms with E-state index in [0.29, 0.717) is 11.6 Å². The van der Waals surface area contributed by atoms with E-state index in [1.165, 1.54) is 12.1 Å². The SMILES string of the molecule is COc1ccc(-c2nnc(CNS(=O)(=O)c3ccccc3)o2)cc1. The molecule has 3 aromatic rings. The van der Waals surface area contributed by atoms with Crippen molar-refractivity contribution in [2.45, 2.75) is 11.4 Å². The summed E-state index contributed by atoms with van der Waals surface area (Å²) in [4.78, 5) is 0.180. The third kappa shape index (κ3) is 3.61. The van der Waals surface area contributed by atoms with E-state index >= 15 is 0 Å². The molecule has 0 bridgehead atoms. The lowest BCUT2D eigenvalue weighted by atomic mass is 10.2. The Hall–Kier alpha value is -2.71. The van der Waals surface area contributed by atoms with Gasteiger partial charge in [-0.3, -0.25) is 0 Å². The number of ether oxygens (including phenoxy) is 1. The molecule has 0 radical (unpaired) electrons. The van der Waals surface area contributed by atoms with E-state index in [2.05, 4.69) is 14.9 Å². The molecule has 0 saturated heterocycles. The summed E-state index contributed by atoms with van der Waals surface area (Å²) in [6, 6.07) is 15.2. The van der Waals surface area contributed by atoms with Crippen molar-refractivity contribution in [1.82, 2.24) is 14.9 Å². The second kappa shape index (κ2) is 6.81. The van der Waals surface area contributed by atoms with Crippen LogP contribution in [0, 0.1) is 0 Å². The lowest BCUT2D eigenvalue weighted by Gasteiger charge is -2.03. The summed E-state index contributed by atoms with van der Waals surface area (Å²) in [6.45, 7) is -0.0830. The number of hydrogen-bond acceptors (Lipinski definition) is 6. The zero-order chi connectivity index (χ0) is 17.0. The zero-order valence-electron chi connectivity index (χ0n) is 12.8. The Morgan fingerprint density at radius 3 is 2.42 bits per heavy atom. The van der Waals surface area contributed by atoms with Gasteiger partial charge in [-0.15, -0.1) is 10.2 Å². The summed E-state index contributed by atoms with van der Waals surface area (Å²) in [7, 11) is -2.04. The van der Waals surface area contributed by atoms with Gasteiger partial charge >= 0.3 is 0 Å². The maximum Gasteiger partial charge on any atom is 0.247 e. The van der Waals surface area contributed by atoms with Gasteiger partial charge in [0.1, 0.15) is 5.75 Å². The quantitative estimate of drug-likeness (QED) is 0.736. The molecule has 1 aromatic heterocycles. The van der Waals surface area contributed by atoms with Gasteiger partial charge in [0, 0.05) is 5.56 Å². The average Bonchev–Trinajstić information content (AvgIpc) is 3.10. The van der Waals surface area contributed by atoms with Crippen LogP contribution in [0.5, 0.6) is 5.75 Å². The first-order chi connectivity index (χ1) is 11.6. The predicted molar refractivity (Wildman–Crippen MR) is 86.8 cm³/mol. The molecule has 0 spiro atoms. The topological polar surface area (TPSA) is 94.3 Å². The molecule has 0 aliphatic rings. The van der Waals surface area contributed by atoms with Crippen LogP contribution < -0.4 is 9.46 Å². The van der Waals surface area contributed by atoms with E-state index in [1.54, 1.807) is 49.6 Å². The molecule has 8 heteroatoms. The van der Waals surface area contributed by atoms with Crippen LogP contribution in [0.1, 0.15) is 5.89 Å². The lowest BCUT2D eigenvalue weighted by molar-refractivity contribution is 0.415. The van der Waals surface area contributed by atoms with E-state index in [1.807, 2.05) is 0 Å². The fraction of sp³-hybridized carbons (Fsp3) is 0.125. The van der Waals surface area contributed by atoms with Gasteiger partial charge in [-0.1, -0.05) is 18.2 Å². The predicted octanol–water partition coefficient (Wildman–Crippen LogP) is 2.22. The van der Waals surface area contributed by atoms with Crippen molar-refractivity contribution < 1.29 is 17.6 Å². The zero-order valence-corrected chi connectivity index (χ0v) is 13.7. The Morgan fingerprint density at radius 2 is 1.75 bits per heavy atom. The van der Waals surface area contributed by atoms with Gasteiger partial charge in [0.2, 0.25) is 21.8 Å². The maximum absolute atomic E-state index is 12.1. The Labute approximate surface area is 139 Å². The minimum absolute atomic E-state index is 0.0830. The molecule has 1 N–H and O–H groups in total. The Kier molecular flexibility index (Phi) is 4.59. The molecule has 24 heavy (non-hydrogen) atoms. The number of nitrogens with one attached hydrogen (secondary N) is 1. The highest BCUT2D eigenvalue weighted by molar-refractivity contribution is 7.89. The molecule has 0 atom stereocenters. The molecular formula is C16H15N3O4S. The van der Waals surface area contributed by atoms with Crippen LogP contribution in [-0.4, -0.2) is 25.7 Å². The largest absolute Gasteiger partial charge is 0.497 e. The highest BCUT2D eigenvalue weighted by atomic mass is 32.2. The van der Waals surface area contributed by atoms with Gasteiger partial charge in [0.25, 0.3) is 0 Å². The minimum atomic E-state index is -3.62. The Balaban J connectivity index is 1.70. The van der Waals surface area contributed by atoms with E-state index < -0.39 is 10.0 Å². The highest BCUT2D eigenvalue weighted by Crippen LogP contribution is 2.21. The fourth-order valence-electron chi connectivity index (χ4n) is 2.02. The van der Waals surface area contributed by atoms with Gasteiger partial charge in [0.05, 0.1) is 18.6 Å². The molecule has 2 aromatic carbocycles. The maximum atomic E-state index is 12.1. The molecule has 1 heterocycles. The molecule has 0 saturated carbocycles. The van der Waals surface area contributed by atoms with Gasteiger partial charge in [0.15, 0.2) is 0 Å². The van der Waals surface area contributed by atoms with E-state index in [9.17, 15) is 8.42 Å². The molecule has 0 amide bonds. The van der Waals surface area contributed by atoms with Crippen LogP contribution in [0.25, 0.3) is 11.5 Å². The van der Waals surface area contributed by atoms with Crippen molar-refractivity contribution in [2.24, 2.45) is 0 Å². The molecule has 7 nitrogen and oxygen atoms in total. The number of rotatable bonds is 6. The standard InChI is InChI=1S/C16H15N3O4S/c1-22-13-9-7-12(8-10-13)16-19-18-15(23-16)11-17-24(20,21)14-5-3-2-4-6-14/h2-10,17H,11H2,1H3. The summed E-state index contributed by atoms with van der Waals surface area (Å²) in [5, 5.41) is 7.78. The van der Waals surface area contributed by atoms with Crippen molar-refractivity contribution in [1.29, 1.82) is 0 Å². The van der Waals surface area contributed by atoms with Crippen molar-refractivity contribution >= 4 is 10.0 Å². The summed E-state index contributed by atoms with van der Waals surface area (Å²) in [5.41, 5.74) is 0.723. The fourth-order valence-corrected chi connectivity index (χ4v) is 3.01. The third-order valence-corrected chi connectivity index (χ3v) is 4.69. The van der Waals surface area contributed by atoms with Crippen LogP contribution in [0.15, 0.2) is 63.9 Å². The number of benzene rings is 2. The molecule has 0 aliphatic carbocycles. The molecule has 3 rings (SSSR count). The molecule has 0 unspecified atom stereocenters. The second-order valence-corrected chi connectivity index (χ2v) is 6.63. The molecule has 0 aliphatic heterocycles. The van der Waals surface area contributed by atoms with Crippen LogP contribution in [0.4, 0.5) is 0 Å². The van der Waals surface area contributed by atoms with Gasteiger partial charge < -0.3 is 9.15 Å². The first kappa shape index (κ1) is 16.2. The molecule has 124 valence electrons. The number of nitrogens with zero attached hydrogens (tertiary/aromatic N) is 2. The van der Waals surface area contributed by atoms with Crippen LogP contribution in [-0.2, 0) is 16.6 Å². The van der Waals surface area contributed by atoms with E-state index in [0.717, 1.165) is 5.56 Å². The summed E-state index contributed by atoms with van der Waals surface area (Å²) >= 11 is 0. The van der Waals surface area contributed by atoms with Crippen LogP contribution in [0.3, 0.4) is 0 Å². The van der Waals surface area contributed by atoms with Crippen molar-refractivity contribution in [2.75, 3.05) is 7.11 Å². The number of methoxy groups -OCH3 is 1. The third-order valence-electron chi connectivity index (χ3n) is 3.27. The van der Waals surface area contributed by atoms with E-state index in [-0.39, 0.29) is 17.3 Å². The summed E-state index contributed by atoms with van der Waals surface area (Å²) < 4.78 is 37.3. The second-order valence-electron chi connectivity index (χ2n) is 4.87. The van der Waals surface area contributed by atoms with Gasteiger partial charge in [-0.05, 0) is 36.4 Å². The Bertz CT molecular complexity index is 906. The van der Waals surface area contributed by atoms with Crippen molar-refractivity contribution in [3.63, 3.8) is 0 Å². The van der Waals surface area contributed by atoms with Crippen LogP contribution in [0.2, 0.25) is 0 Å². The Morgan fingerprint density at radius 1 is 1.04 bits per heavy atom. The highest BCUT2D eigenvalue weighted by Gasteiger charge is 2.15. The number of hydrogen-bond donors (Lipinski definition) is 1. The van der Waals surface area contributed by atoms with Crippen molar-refractivity contribution in [3.05, 3.63) is 60.5 Å². The first-order valence-corrected chi connectivity index (χ1v) is 8.58. The van der Waals surface area contributed by atoms with Gasteiger partial charge in [-0.25, -0.2) is 13.1 Å². The monoisotopic (exact) mass is 345 g/mol. The average molecular weight is 345 g/mol. The normalized spacial score (nSPS) is 11.4. The molecule has 0 fully saturated rings. The van der Waals surface area contributed by atoms with Crippen molar-refractivity contribution in [3.8, 4) is 17.2 Å². The van der Waals surface area contributed by atoms with Crippen LogP contribution >= 0.6 is 0 Å². The number of sulfonamides is 1. The summed E-state index contributed by atoms with van der Waals surface area (Å²) in [6.07, 6.45) is 0. The van der Waals surface area contributed by atoms with Gasteiger partial charge in [-0.2, -0.15) is 0 Å². The summed E-state index contributed by atoms with van der Waals surface area (Å²) in [5.74, 6) is 1.21. The minimum Gasteiger partial charge on any atom is -0.497 e.